The molecule has 1 spiro atoms. The topological polar surface area (TPSA) is 25.3 Å². The zero-order valence-electron chi connectivity index (χ0n) is 23.1. The molecule has 4 aliphatic heterocycles. The van der Waals surface area contributed by atoms with Gasteiger partial charge in [0.2, 0.25) is 0 Å². The minimum absolute atomic E-state index is 0.126. The minimum Gasteiger partial charge on any atom is -0.368 e. The van der Waals surface area contributed by atoms with Crippen LogP contribution in [-0.4, -0.2) is 71.8 Å². The number of nitrogens with zero attached hydrogens (tertiary/aromatic N) is 5. The lowest BCUT2D eigenvalue weighted by molar-refractivity contribution is 0.165. The van der Waals surface area contributed by atoms with Crippen molar-refractivity contribution in [2.45, 2.75) is 76.7 Å². The normalized spacial score (nSPS) is 32.4. The molecule has 0 aromatic heterocycles. The van der Waals surface area contributed by atoms with Gasteiger partial charge in [0.1, 0.15) is 17.5 Å². The maximum Gasteiger partial charge on any atom is 0.136 e. The summed E-state index contributed by atoms with van der Waals surface area (Å²) in [6.45, 7) is 14.0. The van der Waals surface area contributed by atoms with Crippen molar-refractivity contribution in [1.29, 1.82) is 0 Å². The molecule has 2 bridgehead atoms. The smallest absolute Gasteiger partial charge is 0.136 e. The van der Waals surface area contributed by atoms with Gasteiger partial charge in [0.25, 0.3) is 0 Å². The second-order valence-corrected chi connectivity index (χ2v) is 12.0. The van der Waals surface area contributed by atoms with Crippen molar-refractivity contribution in [2.24, 2.45) is 10.4 Å². The molecule has 4 heterocycles. The van der Waals surface area contributed by atoms with Crippen molar-refractivity contribution in [3.63, 3.8) is 0 Å². The zero-order chi connectivity index (χ0) is 25.6. The summed E-state index contributed by atoms with van der Waals surface area (Å²) in [6, 6.07) is 0.306. The van der Waals surface area contributed by atoms with E-state index in [0.29, 0.717) is 6.04 Å². The molecule has 0 N–H and O–H groups in total. The van der Waals surface area contributed by atoms with E-state index in [9.17, 15) is 0 Å². The van der Waals surface area contributed by atoms with Crippen molar-refractivity contribution in [3.05, 3.63) is 71.5 Å². The minimum atomic E-state index is 0.126. The maximum atomic E-state index is 5.15. The molecule has 2 saturated heterocycles. The number of fused-ring (bicyclic) bond motifs is 4. The third-order valence-electron chi connectivity index (χ3n) is 9.90. The second kappa shape index (κ2) is 9.89. The first-order valence-corrected chi connectivity index (χ1v) is 14.7. The SMILES string of the molecule is C=C1/C=C2/N=C(N3CCC3)C=C(N(C)CCCCC3(CCC4=C3CCC=C4)C(=C)N3CCCCC13)N2C. The van der Waals surface area contributed by atoms with Crippen LogP contribution in [0.4, 0.5) is 0 Å². The molecular weight excluding hydrogens is 454 g/mol. The number of amidine groups is 1. The van der Waals surface area contributed by atoms with Gasteiger partial charge in [0.05, 0.1) is 6.04 Å². The Morgan fingerprint density at radius 3 is 2.57 bits per heavy atom. The molecule has 5 heteroatoms. The molecular formula is C32H45N5. The number of allylic oxidation sites excluding steroid dienone is 4. The molecule has 37 heavy (non-hydrogen) atoms. The van der Waals surface area contributed by atoms with Crippen LogP contribution in [-0.2, 0) is 0 Å². The first-order chi connectivity index (χ1) is 18.0. The van der Waals surface area contributed by atoms with Crippen LogP contribution in [0.25, 0.3) is 0 Å². The Morgan fingerprint density at radius 1 is 0.919 bits per heavy atom. The Labute approximate surface area is 224 Å². The van der Waals surface area contributed by atoms with E-state index in [1.165, 1.54) is 81.3 Å². The van der Waals surface area contributed by atoms with Crippen LogP contribution >= 0.6 is 0 Å². The van der Waals surface area contributed by atoms with E-state index in [0.717, 1.165) is 44.3 Å². The van der Waals surface area contributed by atoms with Crippen LogP contribution in [0.3, 0.4) is 0 Å². The lowest BCUT2D eigenvalue weighted by Crippen LogP contribution is -2.46. The van der Waals surface area contributed by atoms with Gasteiger partial charge in [-0.05, 0) is 81.4 Å². The molecule has 2 fully saturated rings. The highest BCUT2D eigenvalue weighted by Gasteiger charge is 2.45. The third kappa shape index (κ3) is 4.28. The summed E-state index contributed by atoms with van der Waals surface area (Å²) in [5, 5.41) is 0. The van der Waals surface area contributed by atoms with Crippen LogP contribution in [0.5, 0.6) is 0 Å². The van der Waals surface area contributed by atoms with Crippen molar-refractivity contribution in [1.82, 2.24) is 19.6 Å². The highest BCUT2D eigenvalue weighted by atomic mass is 15.4. The predicted molar refractivity (Wildman–Crippen MR) is 154 cm³/mol. The third-order valence-corrected chi connectivity index (χ3v) is 9.90. The summed E-state index contributed by atoms with van der Waals surface area (Å²) < 4.78 is 0. The molecule has 0 aromatic carbocycles. The van der Waals surface area contributed by atoms with E-state index >= 15 is 0 Å². The Kier molecular flexibility index (Phi) is 6.58. The van der Waals surface area contributed by atoms with Crippen molar-refractivity contribution in [3.8, 4) is 0 Å². The number of aliphatic imine (C=N–C) groups is 1. The summed E-state index contributed by atoms with van der Waals surface area (Å²) in [5.74, 6) is 3.37. The average molecular weight is 500 g/mol. The van der Waals surface area contributed by atoms with Gasteiger partial charge in [0, 0.05) is 57.5 Å². The monoisotopic (exact) mass is 499 g/mol. The maximum absolute atomic E-state index is 5.15. The van der Waals surface area contributed by atoms with E-state index < -0.39 is 0 Å². The molecule has 6 rings (SSSR count). The molecule has 0 aromatic rings. The Hall–Kier alpha value is -2.69. The largest absolute Gasteiger partial charge is 0.368 e. The predicted octanol–water partition coefficient (Wildman–Crippen LogP) is 6.19. The van der Waals surface area contributed by atoms with Gasteiger partial charge in [-0.3, -0.25) is 0 Å². The Balaban J connectivity index is 1.40. The quantitative estimate of drug-likeness (QED) is 0.397. The molecule has 6 aliphatic rings. The molecule has 198 valence electrons. The molecule has 2 atom stereocenters. The first kappa shape index (κ1) is 24.6. The van der Waals surface area contributed by atoms with Crippen LogP contribution < -0.4 is 0 Å². The molecule has 0 radical (unpaired) electrons. The van der Waals surface area contributed by atoms with E-state index in [-0.39, 0.29) is 5.41 Å². The average Bonchev–Trinajstić information content (AvgIpc) is 3.26. The highest BCUT2D eigenvalue weighted by Crippen LogP contribution is 2.56. The molecule has 2 unspecified atom stereocenters. The number of hydrogen-bond acceptors (Lipinski definition) is 5. The molecule has 2 aliphatic carbocycles. The van der Waals surface area contributed by atoms with Gasteiger partial charge >= 0.3 is 0 Å². The first-order valence-electron chi connectivity index (χ1n) is 14.7. The van der Waals surface area contributed by atoms with Crippen LogP contribution in [0.2, 0.25) is 0 Å². The fourth-order valence-electron chi connectivity index (χ4n) is 7.56. The van der Waals surface area contributed by atoms with Crippen LogP contribution in [0.1, 0.15) is 70.6 Å². The van der Waals surface area contributed by atoms with Crippen LogP contribution in [0, 0.1) is 5.41 Å². The number of likely N-dealkylation sites (tertiary alicyclic amines) is 1. The summed E-state index contributed by atoms with van der Waals surface area (Å²) in [5.41, 5.74) is 6.00. The summed E-state index contributed by atoms with van der Waals surface area (Å²) in [4.78, 5) is 14.9. The van der Waals surface area contributed by atoms with Crippen molar-refractivity contribution >= 4 is 5.84 Å². The highest BCUT2D eigenvalue weighted by molar-refractivity contribution is 5.95. The van der Waals surface area contributed by atoms with Gasteiger partial charge < -0.3 is 19.6 Å². The Bertz CT molecular complexity index is 1120. The van der Waals surface area contributed by atoms with Gasteiger partial charge in [-0.1, -0.05) is 37.3 Å². The van der Waals surface area contributed by atoms with Crippen molar-refractivity contribution in [2.75, 3.05) is 40.3 Å². The van der Waals surface area contributed by atoms with Gasteiger partial charge in [-0.2, -0.15) is 0 Å². The van der Waals surface area contributed by atoms with E-state index in [4.69, 9.17) is 11.6 Å². The fraction of sp³-hybridized carbons (Fsp3) is 0.594. The molecule has 0 saturated carbocycles. The molecule has 5 nitrogen and oxygen atoms in total. The number of hydrogen-bond donors (Lipinski definition) is 0. The zero-order valence-corrected chi connectivity index (χ0v) is 23.1. The summed E-state index contributed by atoms with van der Waals surface area (Å²) >= 11 is 0. The number of rotatable bonds is 0. The van der Waals surface area contributed by atoms with Gasteiger partial charge in [0.15, 0.2) is 0 Å². The summed E-state index contributed by atoms with van der Waals surface area (Å²) in [6.07, 6.45) is 22.8. The van der Waals surface area contributed by atoms with Gasteiger partial charge in [-0.25, -0.2) is 4.99 Å². The second-order valence-electron chi connectivity index (χ2n) is 12.0. The fourth-order valence-corrected chi connectivity index (χ4v) is 7.56. The number of piperidine rings is 1. The van der Waals surface area contributed by atoms with Gasteiger partial charge in [-0.15, -0.1) is 0 Å². The van der Waals surface area contributed by atoms with E-state index in [1.807, 2.05) is 0 Å². The van der Waals surface area contributed by atoms with Crippen molar-refractivity contribution < 1.29 is 0 Å². The summed E-state index contributed by atoms with van der Waals surface area (Å²) in [7, 11) is 4.42. The standard InChI is InChI=1S/C32H45N5/c1-24-22-29-33-30(36-19-11-20-36)23-31(35(29)4)34(3)18-10-8-16-32(17-15-26-12-5-6-13-27(26)32)25(2)37-21-9-7-14-28(24)37/h5,12,22-23,28H,1-2,6-11,13-21H2,3-4H3/b29-22-. The Morgan fingerprint density at radius 2 is 1.76 bits per heavy atom. The van der Waals surface area contributed by atoms with Crippen LogP contribution in [0.15, 0.2) is 76.5 Å². The lowest BCUT2D eigenvalue weighted by atomic mass is 9.70. The lowest BCUT2D eigenvalue weighted by Gasteiger charge is -2.47. The van der Waals surface area contributed by atoms with E-state index in [2.05, 4.69) is 64.6 Å². The molecule has 0 amide bonds. The van der Waals surface area contributed by atoms with E-state index in [1.54, 1.807) is 11.1 Å².